The predicted octanol–water partition coefficient (Wildman–Crippen LogP) is 4.60. The molecule has 2 N–H and O–H groups in total. The first-order valence-corrected chi connectivity index (χ1v) is 8.77. The number of nitrogens with zero attached hydrogens (tertiary/aromatic N) is 2. The molecule has 132 valence electrons. The van der Waals surface area contributed by atoms with Crippen LogP contribution in [0.15, 0.2) is 60.9 Å². The van der Waals surface area contributed by atoms with Crippen LogP contribution in [0.25, 0.3) is 0 Å². The van der Waals surface area contributed by atoms with E-state index in [1.54, 1.807) is 0 Å². The summed E-state index contributed by atoms with van der Waals surface area (Å²) >= 11 is 0. The van der Waals surface area contributed by atoms with Gasteiger partial charge in [0, 0.05) is 23.8 Å². The SMILES string of the molecule is CCc1ccc(NC(=O)c2cnc(Nc3ccccc3CC)nc2)cc1. The zero-order chi connectivity index (χ0) is 18.4. The number of aromatic nitrogens is 2. The summed E-state index contributed by atoms with van der Waals surface area (Å²) < 4.78 is 0. The van der Waals surface area contributed by atoms with Crippen molar-refractivity contribution in [3.05, 3.63) is 77.6 Å². The number of hydrogen-bond acceptors (Lipinski definition) is 4. The third kappa shape index (κ3) is 4.25. The maximum Gasteiger partial charge on any atom is 0.258 e. The van der Waals surface area contributed by atoms with E-state index in [2.05, 4.69) is 40.5 Å². The standard InChI is InChI=1S/C21H22N4O/c1-3-15-9-11-18(12-10-15)24-20(26)17-13-22-21(23-14-17)25-19-8-6-5-7-16(19)4-2/h5-14H,3-4H2,1-2H3,(H,24,26)(H,22,23,25). The second kappa shape index (κ2) is 8.25. The maximum atomic E-state index is 12.3. The number of anilines is 3. The lowest BCUT2D eigenvalue weighted by Crippen LogP contribution is -2.13. The van der Waals surface area contributed by atoms with E-state index in [0.717, 1.165) is 24.2 Å². The number of rotatable bonds is 6. The highest BCUT2D eigenvalue weighted by atomic mass is 16.1. The normalized spacial score (nSPS) is 10.4. The van der Waals surface area contributed by atoms with Gasteiger partial charge in [-0.2, -0.15) is 0 Å². The van der Waals surface area contributed by atoms with E-state index in [1.165, 1.54) is 23.5 Å². The third-order valence-corrected chi connectivity index (χ3v) is 4.18. The summed E-state index contributed by atoms with van der Waals surface area (Å²) in [5.74, 6) is 0.240. The Balaban J connectivity index is 1.67. The molecule has 0 unspecified atom stereocenters. The Morgan fingerprint density at radius 2 is 1.62 bits per heavy atom. The summed E-state index contributed by atoms with van der Waals surface area (Å²) in [6.45, 7) is 4.20. The smallest absolute Gasteiger partial charge is 0.258 e. The lowest BCUT2D eigenvalue weighted by atomic mass is 10.1. The molecule has 1 aromatic heterocycles. The molecule has 3 rings (SSSR count). The molecule has 26 heavy (non-hydrogen) atoms. The van der Waals surface area contributed by atoms with Gasteiger partial charge in [0.2, 0.25) is 5.95 Å². The Hall–Kier alpha value is -3.21. The van der Waals surface area contributed by atoms with Crippen molar-refractivity contribution in [2.45, 2.75) is 26.7 Å². The van der Waals surface area contributed by atoms with Crippen LogP contribution in [-0.4, -0.2) is 15.9 Å². The third-order valence-electron chi connectivity index (χ3n) is 4.18. The van der Waals surface area contributed by atoms with Gasteiger partial charge in [0.25, 0.3) is 5.91 Å². The molecule has 5 nitrogen and oxygen atoms in total. The largest absolute Gasteiger partial charge is 0.324 e. The number of benzene rings is 2. The molecule has 3 aromatic rings. The number of para-hydroxylation sites is 1. The Morgan fingerprint density at radius 3 is 2.27 bits per heavy atom. The van der Waals surface area contributed by atoms with Crippen LogP contribution in [-0.2, 0) is 12.8 Å². The van der Waals surface area contributed by atoms with Crippen molar-refractivity contribution in [1.82, 2.24) is 9.97 Å². The van der Waals surface area contributed by atoms with Crippen LogP contribution >= 0.6 is 0 Å². The van der Waals surface area contributed by atoms with Crippen molar-refractivity contribution in [1.29, 1.82) is 0 Å². The van der Waals surface area contributed by atoms with E-state index in [4.69, 9.17) is 0 Å². The van der Waals surface area contributed by atoms with Crippen LogP contribution in [0.1, 0.15) is 35.3 Å². The van der Waals surface area contributed by atoms with Gasteiger partial charge in [-0.05, 0) is 42.2 Å². The summed E-state index contributed by atoms with van der Waals surface area (Å²) in [5, 5.41) is 6.06. The van der Waals surface area contributed by atoms with Gasteiger partial charge in [-0.15, -0.1) is 0 Å². The van der Waals surface area contributed by atoms with Crippen LogP contribution in [0.4, 0.5) is 17.3 Å². The van der Waals surface area contributed by atoms with Crippen LogP contribution in [0.2, 0.25) is 0 Å². The number of carbonyl (C=O) groups excluding carboxylic acids is 1. The Kier molecular flexibility index (Phi) is 5.59. The van der Waals surface area contributed by atoms with Gasteiger partial charge in [-0.1, -0.05) is 44.2 Å². The van der Waals surface area contributed by atoms with Crippen molar-refractivity contribution in [2.75, 3.05) is 10.6 Å². The molecule has 0 bridgehead atoms. The highest BCUT2D eigenvalue weighted by molar-refractivity contribution is 6.03. The van der Waals surface area contributed by atoms with E-state index in [1.807, 2.05) is 42.5 Å². The maximum absolute atomic E-state index is 12.3. The molecule has 0 aliphatic carbocycles. The highest BCUT2D eigenvalue weighted by Gasteiger charge is 2.08. The Morgan fingerprint density at radius 1 is 0.923 bits per heavy atom. The van der Waals surface area contributed by atoms with Crippen molar-refractivity contribution < 1.29 is 4.79 Å². The van der Waals surface area contributed by atoms with Gasteiger partial charge in [0.15, 0.2) is 0 Å². The first-order valence-electron chi connectivity index (χ1n) is 8.77. The topological polar surface area (TPSA) is 66.9 Å². The fraction of sp³-hybridized carbons (Fsp3) is 0.190. The van der Waals surface area contributed by atoms with Gasteiger partial charge in [-0.3, -0.25) is 4.79 Å². The number of amides is 1. The van der Waals surface area contributed by atoms with E-state index in [-0.39, 0.29) is 5.91 Å². The molecule has 1 amide bonds. The number of carbonyl (C=O) groups is 1. The summed E-state index contributed by atoms with van der Waals surface area (Å²) in [4.78, 5) is 20.8. The molecule has 2 aromatic carbocycles. The van der Waals surface area contributed by atoms with E-state index < -0.39 is 0 Å². The zero-order valence-corrected chi connectivity index (χ0v) is 15.0. The van der Waals surface area contributed by atoms with Crippen LogP contribution in [0.5, 0.6) is 0 Å². The Bertz CT molecular complexity index is 873. The van der Waals surface area contributed by atoms with Gasteiger partial charge in [0.1, 0.15) is 0 Å². The molecule has 0 saturated carbocycles. The first kappa shape index (κ1) is 17.6. The molecule has 0 fully saturated rings. The van der Waals surface area contributed by atoms with Crippen molar-refractivity contribution in [3.63, 3.8) is 0 Å². The summed E-state index contributed by atoms with van der Waals surface area (Å²) in [6.07, 6.45) is 4.94. The molecule has 1 heterocycles. The van der Waals surface area contributed by atoms with Crippen molar-refractivity contribution >= 4 is 23.2 Å². The average Bonchev–Trinajstić information content (AvgIpc) is 2.69. The summed E-state index contributed by atoms with van der Waals surface area (Å²) in [7, 11) is 0. The van der Waals surface area contributed by atoms with Gasteiger partial charge >= 0.3 is 0 Å². The molecule has 0 atom stereocenters. The van der Waals surface area contributed by atoms with Crippen molar-refractivity contribution in [3.8, 4) is 0 Å². The predicted molar refractivity (Wildman–Crippen MR) is 105 cm³/mol. The molecule has 5 heteroatoms. The number of aryl methyl sites for hydroxylation is 2. The highest BCUT2D eigenvalue weighted by Crippen LogP contribution is 2.19. The molecular formula is C21H22N4O. The van der Waals surface area contributed by atoms with E-state index in [0.29, 0.717) is 11.5 Å². The van der Waals surface area contributed by atoms with E-state index >= 15 is 0 Å². The molecule has 0 radical (unpaired) electrons. The van der Waals surface area contributed by atoms with Crippen LogP contribution in [0, 0.1) is 0 Å². The van der Waals surface area contributed by atoms with Gasteiger partial charge < -0.3 is 10.6 Å². The zero-order valence-electron chi connectivity index (χ0n) is 15.0. The second-order valence-electron chi connectivity index (χ2n) is 5.94. The number of hydrogen-bond donors (Lipinski definition) is 2. The molecule has 0 saturated heterocycles. The Labute approximate surface area is 153 Å². The van der Waals surface area contributed by atoms with Crippen LogP contribution in [0.3, 0.4) is 0 Å². The van der Waals surface area contributed by atoms with Gasteiger partial charge in [-0.25, -0.2) is 9.97 Å². The quantitative estimate of drug-likeness (QED) is 0.685. The lowest BCUT2D eigenvalue weighted by molar-refractivity contribution is 0.102. The van der Waals surface area contributed by atoms with Crippen molar-refractivity contribution in [2.24, 2.45) is 0 Å². The molecule has 0 aliphatic heterocycles. The van der Waals surface area contributed by atoms with Gasteiger partial charge in [0.05, 0.1) is 5.56 Å². The minimum Gasteiger partial charge on any atom is -0.324 e. The fourth-order valence-electron chi connectivity index (χ4n) is 2.61. The molecular weight excluding hydrogens is 324 g/mol. The second-order valence-corrected chi connectivity index (χ2v) is 5.94. The van der Waals surface area contributed by atoms with Crippen LogP contribution < -0.4 is 10.6 Å². The summed E-state index contributed by atoms with van der Waals surface area (Å²) in [6, 6.07) is 15.8. The van der Waals surface area contributed by atoms with E-state index in [9.17, 15) is 4.79 Å². The molecule has 0 aliphatic rings. The summed E-state index contributed by atoms with van der Waals surface area (Å²) in [5.41, 5.74) is 4.57. The lowest BCUT2D eigenvalue weighted by Gasteiger charge is -2.10. The fourth-order valence-corrected chi connectivity index (χ4v) is 2.61. The molecule has 0 spiro atoms. The number of nitrogens with one attached hydrogen (secondary N) is 2. The minimum atomic E-state index is -0.227. The monoisotopic (exact) mass is 346 g/mol. The first-order chi connectivity index (χ1) is 12.7. The average molecular weight is 346 g/mol. The minimum absolute atomic E-state index is 0.227.